The van der Waals surface area contributed by atoms with E-state index in [2.05, 4.69) is 5.32 Å². The SMILES string of the molecule is NC(=O)c1cccc(NC(=O)CCCN2C(=O)c3ccccc3C2=O)c1. The monoisotopic (exact) mass is 351 g/mol. The predicted molar refractivity (Wildman–Crippen MR) is 94.6 cm³/mol. The molecule has 132 valence electrons. The molecular weight excluding hydrogens is 334 g/mol. The largest absolute Gasteiger partial charge is 0.366 e. The highest BCUT2D eigenvalue weighted by Gasteiger charge is 2.34. The van der Waals surface area contributed by atoms with E-state index in [1.165, 1.54) is 6.07 Å². The standard InChI is InChI=1S/C19H17N3O4/c20-17(24)12-5-3-6-13(11-12)21-16(23)9-4-10-22-18(25)14-7-1-2-8-15(14)19(22)26/h1-3,5-8,11H,4,9-10H2,(H2,20,24)(H,21,23). The van der Waals surface area contributed by atoms with Crippen LogP contribution in [0.5, 0.6) is 0 Å². The second kappa shape index (κ2) is 7.18. The predicted octanol–water partition coefficient (Wildman–Crippen LogP) is 1.80. The molecule has 3 N–H and O–H groups in total. The molecule has 0 bridgehead atoms. The average Bonchev–Trinajstić information content (AvgIpc) is 2.87. The maximum absolute atomic E-state index is 12.2. The lowest BCUT2D eigenvalue weighted by atomic mass is 10.1. The zero-order chi connectivity index (χ0) is 18.7. The minimum absolute atomic E-state index is 0.133. The summed E-state index contributed by atoms with van der Waals surface area (Å²) in [6, 6.07) is 13.0. The van der Waals surface area contributed by atoms with Gasteiger partial charge < -0.3 is 11.1 Å². The molecule has 0 radical (unpaired) electrons. The molecular formula is C19H17N3O4. The highest BCUT2D eigenvalue weighted by molar-refractivity contribution is 6.21. The van der Waals surface area contributed by atoms with Gasteiger partial charge in [-0.15, -0.1) is 0 Å². The number of rotatable bonds is 6. The fraction of sp³-hybridized carbons (Fsp3) is 0.158. The molecule has 0 saturated carbocycles. The van der Waals surface area contributed by atoms with E-state index in [-0.39, 0.29) is 30.7 Å². The van der Waals surface area contributed by atoms with Crippen molar-refractivity contribution in [2.45, 2.75) is 12.8 Å². The van der Waals surface area contributed by atoms with Crippen molar-refractivity contribution in [2.24, 2.45) is 5.73 Å². The first-order valence-electron chi connectivity index (χ1n) is 8.12. The lowest BCUT2D eigenvalue weighted by molar-refractivity contribution is -0.116. The van der Waals surface area contributed by atoms with Gasteiger partial charge in [0.05, 0.1) is 11.1 Å². The van der Waals surface area contributed by atoms with Gasteiger partial charge in [0.1, 0.15) is 0 Å². The quantitative estimate of drug-likeness (QED) is 0.773. The van der Waals surface area contributed by atoms with Crippen molar-refractivity contribution in [2.75, 3.05) is 11.9 Å². The lowest BCUT2D eigenvalue weighted by Gasteiger charge is -2.13. The van der Waals surface area contributed by atoms with Crippen molar-refractivity contribution in [3.63, 3.8) is 0 Å². The van der Waals surface area contributed by atoms with Crippen LogP contribution in [-0.2, 0) is 4.79 Å². The summed E-state index contributed by atoms with van der Waals surface area (Å²) in [5.74, 6) is -1.52. The molecule has 3 rings (SSSR count). The van der Waals surface area contributed by atoms with Gasteiger partial charge in [-0.1, -0.05) is 18.2 Å². The lowest BCUT2D eigenvalue weighted by Crippen LogP contribution is -2.31. The number of imide groups is 1. The number of hydrogen-bond acceptors (Lipinski definition) is 4. The van der Waals surface area contributed by atoms with E-state index in [0.29, 0.717) is 28.8 Å². The Kier molecular flexibility index (Phi) is 4.79. The van der Waals surface area contributed by atoms with Crippen LogP contribution < -0.4 is 11.1 Å². The molecule has 2 aromatic carbocycles. The van der Waals surface area contributed by atoms with E-state index >= 15 is 0 Å². The van der Waals surface area contributed by atoms with Crippen LogP contribution in [0.3, 0.4) is 0 Å². The zero-order valence-corrected chi connectivity index (χ0v) is 13.9. The van der Waals surface area contributed by atoms with Crippen LogP contribution in [0.2, 0.25) is 0 Å². The van der Waals surface area contributed by atoms with Crippen molar-refractivity contribution < 1.29 is 19.2 Å². The Morgan fingerprint density at radius 1 is 0.962 bits per heavy atom. The van der Waals surface area contributed by atoms with Crippen LogP contribution in [0.1, 0.15) is 43.9 Å². The molecule has 0 aromatic heterocycles. The fourth-order valence-electron chi connectivity index (χ4n) is 2.81. The van der Waals surface area contributed by atoms with Gasteiger partial charge in [-0.25, -0.2) is 0 Å². The Morgan fingerprint density at radius 3 is 2.23 bits per heavy atom. The maximum Gasteiger partial charge on any atom is 0.261 e. The number of amides is 4. The molecule has 2 aromatic rings. The second-order valence-corrected chi connectivity index (χ2v) is 5.90. The first kappa shape index (κ1) is 17.3. The van der Waals surface area contributed by atoms with Gasteiger partial charge >= 0.3 is 0 Å². The van der Waals surface area contributed by atoms with E-state index in [9.17, 15) is 19.2 Å². The Morgan fingerprint density at radius 2 is 1.62 bits per heavy atom. The molecule has 1 aliphatic rings. The van der Waals surface area contributed by atoms with Gasteiger partial charge in [0.25, 0.3) is 11.8 Å². The molecule has 0 atom stereocenters. The van der Waals surface area contributed by atoms with Crippen LogP contribution in [0.4, 0.5) is 5.69 Å². The molecule has 0 saturated heterocycles. The van der Waals surface area contributed by atoms with E-state index in [1.54, 1.807) is 42.5 Å². The third-order valence-corrected chi connectivity index (χ3v) is 4.09. The fourth-order valence-corrected chi connectivity index (χ4v) is 2.81. The Bertz CT molecular complexity index is 872. The van der Waals surface area contributed by atoms with E-state index in [1.807, 2.05) is 0 Å². The van der Waals surface area contributed by atoms with Crippen molar-refractivity contribution in [1.29, 1.82) is 0 Å². The van der Waals surface area contributed by atoms with Gasteiger partial charge in [0, 0.05) is 24.2 Å². The number of carbonyl (C=O) groups is 4. The van der Waals surface area contributed by atoms with Gasteiger partial charge in [-0.05, 0) is 36.8 Å². The maximum atomic E-state index is 12.2. The van der Waals surface area contributed by atoms with Gasteiger partial charge in [-0.3, -0.25) is 24.1 Å². The number of carbonyl (C=O) groups excluding carboxylic acids is 4. The number of anilines is 1. The van der Waals surface area contributed by atoms with Crippen LogP contribution in [0.25, 0.3) is 0 Å². The molecule has 7 heteroatoms. The normalized spacial score (nSPS) is 12.8. The first-order chi connectivity index (χ1) is 12.5. The smallest absolute Gasteiger partial charge is 0.261 e. The van der Waals surface area contributed by atoms with Crippen LogP contribution >= 0.6 is 0 Å². The van der Waals surface area contributed by atoms with Crippen molar-refractivity contribution in [3.8, 4) is 0 Å². The topological polar surface area (TPSA) is 110 Å². The number of nitrogens with one attached hydrogen (secondary N) is 1. The summed E-state index contributed by atoms with van der Waals surface area (Å²) in [5.41, 5.74) is 6.76. The Hall–Kier alpha value is -3.48. The molecule has 1 aliphatic heterocycles. The van der Waals surface area contributed by atoms with E-state index < -0.39 is 5.91 Å². The van der Waals surface area contributed by atoms with Crippen LogP contribution in [0.15, 0.2) is 48.5 Å². The van der Waals surface area contributed by atoms with E-state index in [4.69, 9.17) is 5.73 Å². The molecule has 26 heavy (non-hydrogen) atoms. The summed E-state index contributed by atoms with van der Waals surface area (Å²) in [6.45, 7) is 0.168. The van der Waals surface area contributed by atoms with Crippen molar-refractivity contribution in [3.05, 3.63) is 65.2 Å². The summed E-state index contributed by atoms with van der Waals surface area (Å²) in [7, 11) is 0. The summed E-state index contributed by atoms with van der Waals surface area (Å²) in [4.78, 5) is 48.8. The highest BCUT2D eigenvalue weighted by Crippen LogP contribution is 2.22. The Balaban J connectivity index is 1.53. The van der Waals surface area contributed by atoms with Crippen molar-refractivity contribution in [1.82, 2.24) is 4.90 Å². The molecule has 0 fully saturated rings. The molecule has 4 amide bonds. The second-order valence-electron chi connectivity index (χ2n) is 5.90. The molecule has 7 nitrogen and oxygen atoms in total. The van der Waals surface area contributed by atoms with Gasteiger partial charge in [-0.2, -0.15) is 0 Å². The van der Waals surface area contributed by atoms with Gasteiger partial charge in [0.2, 0.25) is 11.8 Å². The third kappa shape index (κ3) is 3.46. The Labute approximate surface area is 149 Å². The summed E-state index contributed by atoms with van der Waals surface area (Å²) in [5, 5.41) is 2.67. The molecule has 0 unspecified atom stereocenters. The average molecular weight is 351 g/mol. The van der Waals surface area contributed by atoms with Crippen LogP contribution in [-0.4, -0.2) is 35.1 Å². The summed E-state index contributed by atoms with van der Waals surface area (Å²) < 4.78 is 0. The number of nitrogens with two attached hydrogens (primary N) is 1. The number of nitrogens with zero attached hydrogens (tertiary/aromatic N) is 1. The highest BCUT2D eigenvalue weighted by atomic mass is 16.2. The van der Waals surface area contributed by atoms with Crippen molar-refractivity contribution >= 4 is 29.3 Å². The van der Waals surface area contributed by atoms with Gasteiger partial charge in [0.15, 0.2) is 0 Å². The minimum atomic E-state index is -0.577. The summed E-state index contributed by atoms with van der Waals surface area (Å²) >= 11 is 0. The zero-order valence-electron chi connectivity index (χ0n) is 13.9. The molecule has 1 heterocycles. The number of fused-ring (bicyclic) bond motifs is 1. The number of primary amides is 1. The first-order valence-corrected chi connectivity index (χ1v) is 8.12. The van der Waals surface area contributed by atoms with Crippen LogP contribution in [0, 0.1) is 0 Å². The minimum Gasteiger partial charge on any atom is -0.366 e. The number of hydrogen-bond donors (Lipinski definition) is 2. The molecule has 0 aliphatic carbocycles. The molecule has 0 spiro atoms. The van der Waals surface area contributed by atoms with E-state index in [0.717, 1.165) is 4.90 Å². The number of benzene rings is 2. The summed E-state index contributed by atoms with van der Waals surface area (Å²) in [6.07, 6.45) is 0.473. The third-order valence-electron chi connectivity index (χ3n) is 4.09.